The van der Waals surface area contributed by atoms with Gasteiger partial charge >= 0.3 is 0 Å². The number of benzene rings is 2. The van der Waals surface area contributed by atoms with E-state index in [1.54, 1.807) is 0 Å². The SMILES string of the molecule is CCc1ccc(-c2noc(COc3cc([N+](=O)[O-])ccc3OC)n2)cc1. The third-order valence-corrected chi connectivity index (χ3v) is 3.80. The highest BCUT2D eigenvalue weighted by atomic mass is 16.6. The molecule has 0 aliphatic heterocycles. The summed E-state index contributed by atoms with van der Waals surface area (Å²) in [6, 6.07) is 12.0. The second kappa shape index (κ2) is 7.64. The zero-order chi connectivity index (χ0) is 18.5. The summed E-state index contributed by atoms with van der Waals surface area (Å²) in [6.07, 6.45) is 0.955. The highest BCUT2D eigenvalue weighted by molar-refractivity contribution is 5.54. The predicted molar refractivity (Wildman–Crippen MR) is 93.1 cm³/mol. The Morgan fingerprint density at radius 1 is 1.15 bits per heavy atom. The van der Waals surface area contributed by atoms with Crippen LogP contribution in [0.4, 0.5) is 5.69 Å². The van der Waals surface area contributed by atoms with Crippen LogP contribution in [0, 0.1) is 10.1 Å². The summed E-state index contributed by atoms with van der Waals surface area (Å²) in [6.45, 7) is 2.05. The smallest absolute Gasteiger partial charge is 0.273 e. The van der Waals surface area contributed by atoms with Gasteiger partial charge in [-0.25, -0.2) is 0 Å². The molecule has 0 fully saturated rings. The van der Waals surface area contributed by atoms with Crippen molar-refractivity contribution in [2.75, 3.05) is 7.11 Å². The van der Waals surface area contributed by atoms with Crippen LogP contribution in [0.5, 0.6) is 11.5 Å². The number of hydrogen-bond acceptors (Lipinski definition) is 7. The van der Waals surface area contributed by atoms with Gasteiger partial charge in [-0.1, -0.05) is 36.3 Å². The van der Waals surface area contributed by atoms with E-state index in [2.05, 4.69) is 17.1 Å². The van der Waals surface area contributed by atoms with Crippen molar-refractivity contribution in [2.45, 2.75) is 20.0 Å². The van der Waals surface area contributed by atoms with Gasteiger partial charge in [-0.05, 0) is 18.1 Å². The van der Waals surface area contributed by atoms with Gasteiger partial charge in [0.25, 0.3) is 11.6 Å². The zero-order valence-electron chi connectivity index (χ0n) is 14.3. The first-order chi connectivity index (χ1) is 12.6. The molecule has 0 amide bonds. The second-order valence-corrected chi connectivity index (χ2v) is 5.44. The topological polar surface area (TPSA) is 101 Å². The predicted octanol–water partition coefficient (Wildman–Crippen LogP) is 3.79. The van der Waals surface area contributed by atoms with Crippen molar-refractivity contribution in [1.82, 2.24) is 10.1 Å². The van der Waals surface area contributed by atoms with Gasteiger partial charge in [-0.3, -0.25) is 10.1 Å². The van der Waals surface area contributed by atoms with Crippen LogP contribution >= 0.6 is 0 Å². The fourth-order valence-electron chi connectivity index (χ4n) is 2.35. The number of nitro benzene ring substituents is 1. The summed E-state index contributed by atoms with van der Waals surface area (Å²) in [5.41, 5.74) is 1.96. The average Bonchev–Trinajstić information content (AvgIpc) is 3.15. The molecule has 0 unspecified atom stereocenters. The highest BCUT2D eigenvalue weighted by Crippen LogP contribution is 2.31. The third-order valence-electron chi connectivity index (χ3n) is 3.80. The minimum atomic E-state index is -0.503. The molecule has 134 valence electrons. The summed E-state index contributed by atoms with van der Waals surface area (Å²) in [5, 5.41) is 14.8. The van der Waals surface area contributed by atoms with Crippen molar-refractivity contribution in [3.8, 4) is 22.9 Å². The molecule has 0 aliphatic rings. The molecule has 1 aromatic heterocycles. The van der Waals surface area contributed by atoms with Crippen LogP contribution < -0.4 is 9.47 Å². The number of aromatic nitrogens is 2. The van der Waals surface area contributed by atoms with Crippen molar-refractivity contribution in [3.05, 3.63) is 64.0 Å². The Morgan fingerprint density at radius 2 is 1.92 bits per heavy atom. The molecule has 0 saturated carbocycles. The fourth-order valence-corrected chi connectivity index (χ4v) is 2.35. The van der Waals surface area contributed by atoms with Gasteiger partial charge in [0.15, 0.2) is 18.1 Å². The van der Waals surface area contributed by atoms with Crippen molar-refractivity contribution >= 4 is 5.69 Å². The Kier molecular flexibility index (Phi) is 5.12. The number of nitro groups is 1. The van der Waals surface area contributed by atoms with E-state index in [4.69, 9.17) is 14.0 Å². The van der Waals surface area contributed by atoms with E-state index in [1.165, 1.54) is 30.9 Å². The van der Waals surface area contributed by atoms with Crippen LogP contribution in [0.2, 0.25) is 0 Å². The Balaban J connectivity index is 1.73. The van der Waals surface area contributed by atoms with Crippen LogP contribution in [-0.2, 0) is 13.0 Å². The van der Waals surface area contributed by atoms with Gasteiger partial charge in [-0.15, -0.1) is 0 Å². The molecule has 0 bridgehead atoms. The summed E-state index contributed by atoms with van der Waals surface area (Å²) in [7, 11) is 1.46. The van der Waals surface area contributed by atoms with Gasteiger partial charge in [0, 0.05) is 11.6 Å². The Morgan fingerprint density at radius 3 is 2.58 bits per heavy atom. The molecule has 2 aromatic carbocycles. The summed E-state index contributed by atoms with van der Waals surface area (Å²) >= 11 is 0. The number of non-ortho nitro benzene ring substituents is 1. The normalized spacial score (nSPS) is 10.5. The van der Waals surface area contributed by atoms with Gasteiger partial charge in [0.2, 0.25) is 5.82 Å². The maximum absolute atomic E-state index is 10.9. The number of hydrogen-bond donors (Lipinski definition) is 0. The molecule has 8 heteroatoms. The minimum absolute atomic E-state index is 0.0302. The van der Waals surface area contributed by atoms with Crippen LogP contribution in [0.1, 0.15) is 18.4 Å². The Bertz CT molecular complexity index is 905. The van der Waals surface area contributed by atoms with Gasteiger partial charge in [-0.2, -0.15) is 4.98 Å². The summed E-state index contributed by atoms with van der Waals surface area (Å²) < 4.78 is 15.9. The lowest BCUT2D eigenvalue weighted by Crippen LogP contribution is -1.99. The van der Waals surface area contributed by atoms with Crippen molar-refractivity contribution in [3.63, 3.8) is 0 Å². The monoisotopic (exact) mass is 355 g/mol. The second-order valence-electron chi connectivity index (χ2n) is 5.44. The highest BCUT2D eigenvalue weighted by Gasteiger charge is 2.15. The lowest BCUT2D eigenvalue weighted by atomic mass is 10.1. The number of aryl methyl sites for hydroxylation is 1. The van der Waals surface area contributed by atoms with Gasteiger partial charge < -0.3 is 14.0 Å². The standard InChI is InChI=1S/C18H17N3O5/c1-3-12-4-6-13(7-5-12)18-19-17(26-20-18)11-25-16-10-14(21(22)23)8-9-15(16)24-2/h4-10H,3,11H2,1-2H3. The Labute approximate surface area is 149 Å². The maximum atomic E-state index is 10.9. The van der Waals surface area contributed by atoms with E-state index in [-0.39, 0.29) is 23.9 Å². The van der Waals surface area contributed by atoms with Crippen molar-refractivity contribution in [1.29, 1.82) is 0 Å². The van der Waals surface area contributed by atoms with Crippen LogP contribution in [-0.4, -0.2) is 22.2 Å². The molecule has 0 radical (unpaired) electrons. The van der Waals surface area contributed by atoms with E-state index >= 15 is 0 Å². The van der Waals surface area contributed by atoms with Crippen molar-refractivity contribution in [2.24, 2.45) is 0 Å². The summed E-state index contributed by atoms with van der Waals surface area (Å²) in [4.78, 5) is 14.7. The van der Waals surface area contributed by atoms with Crippen molar-refractivity contribution < 1.29 is 18.9 Å². The van der Waals surface area contributed by atoms with Gasteiger partial charge in [0.05, 0.1) is 18.1 Å². The van der Waals surface area contributed by atoms with Crippen LogP contribution in [0.15, 0.2) is 47.0 Å². The largest absolute Gasteiger partial charge is 0.493 e. The molecule has 0 N–H and O–H groups in total. The van der Waals surface area contributed by atoms with Crippen LogP contribution in [0.3, 0.4) is 0 Å². The number of methoxy groups -OCH3 is 1. The van der Waals surface area contributed by atoms with Crippen LogP contribution in [0.25, 0.3) is 11.4 Å². The number of nitrogens with zero attached hydrogens (tertiary/aromatic N) is 3. The first-order valence-corrected chi connectivity index (χ1v) is 7.98. The van der Waals surface area contributed by atoms with E-state index in [1.807, 2.05) is 24.3 Å². The molecule has 3 rings (SSSR count). The maximum Gasteiger partial charge on any atom is 0.273 e. The molecule has 0 spiro atoms. The minimum Gasteiger partial charge on any atom is -0.493 e. The molecular weight excluding hydrogens is 338 g/mol. The number of rotatable bonds is 7. The lowest BCUT2D eigenvalue weighted by Gasteiger charge is -2.08. The number of ether oxygens (including phenoxy) is 2. The fraction of sp³-hybridized carbons (Fsp3) is 0.222. The summed E-state index contributed by atoms with van der Waals surface area (Å²) in [5.74, 6) is 1.32. The zero-order valence-corrected chi connectivity index (χ0v) is 14.3. The van der Waals surface area contributed by atoms with E-state index < -0.39 is 4.92 Å². The molecule has 8 nitrogen and oxygen atoms in total. The molecule has 0 aliphatic carbocycles. The third kappa shape index (κ3) is 3.80. The van der Waals surface area contributed by atoms with Gasteiger partial charge in [0.1, 0.15) is 0 Å². The molecule has 1 heterocycles. The molecular formula is C18H17N3O5. The first kappa shape index (κ1) is 17.4. The first-order valence-electron chi connectivity index (χ1n) is 7.98. The van der Waals surface area contributed by atoms with E-state index in [9.17, 15) is 10.1 Å². The molecule has 3 aromatic rings. The molecule has 0 atom stereocenters. The van der Waals surface area contributed by atoms with E-state index in [0.29, 0.717) is 11.6 Å². The quantitative estimate of drug-likeness (QED) is 0.469. The van der Waals surface area contributed by atoms with E-state index in [0.717, 1.165) is 12.0 Å². The Hall–Kier alpha value is -3.42. The average molecular weight is 355 g/mol. The lowest BCUT2D eigenvalue weighted by molar-refractivity contribution is -0.385. The molecule has 26 heavy (non-hydrogen) atoms. The molecule has 0 saturated heterocycles.